The summed E-state index contributed by atoms with van der Waals surface area (Å²) in [5.41, 5.74) is 7.39. The molecule has 6 heterocycles. The highest BCUT2D eigenvalue weighted by molar-refractivity contribution is 5.30. The van der Waals surface area contributed by atoms with Crippen molar-refractivity contribution in [1.29, 1.82) is 0 Å². The predicted octanol–water partition coefficient (Wildman–Crippen LogP) is 22.9. The zero-order chi connectivity index (χ0) is 82.4. The van der Waals surface area contributed by atoms with Gasteiger partial charge in [0.1, 0.15) is 0 Å². The van der Waals surface area contributed by atoms with E-state index >= 15 is 0 Å². The van der Waals surface area contributed by atoms with E-state index in [2.05, 4.69) is 312 Å². The SMILES string of the molecule is CC(C)(C)C#CC(C)(C)Cn1cc(CC(C)(C)C)nn1.CC(C)(C)CCCCCCCN1CCN(C(C)(C)C)CC1.CC(C)(C)CCCCCCN1CCN(C(C)(C)C)CC1.CC(C)(C)CCCCCCn1cc(C2(C(C)(C)C)CC2)cn1.CC(C)(C)Cc1cn(CCCCCCN2CCN(C(C)(C)C)CC2)nn1. The minimum atomic E-state index is -0.0972. The normalized spacial score (nSPS) is 17.5. The van der Waals surface area contributed by atoms with Gasteiger partial charge in [-0.1, -0.05) is 224 Å². The molecular weight excluding hydrogens is 1340 g/mol. The van der Waals surface area contributed by atoms with Gasteiger partial charge >= 0.3 is 0 Å². The molecule has 109 heavy (non-hydrogen) atoms. The van der Waals surface area contributed by atoms with E-state index in [9.17, 15) is 0 Å². The van der Waals surface area contributed by atoms with E-state index in [1.54, 1.807) is 0 Å². The first-order chi connectivity index (χ1) is 50.0. The number of nitrogens with zero attached hydrogens (tertiary/aromatic N) is 14. The van der Waals surface area contributed by atoms with Gasteiger partial charge in [-0.25, -0.2) is 0 Å². The van der Waals surface area contributed by atoms with Crippen molar-refractivity contribution in [3.8, 4) is 11.8 Å². The Morgan fingerprint density at radius 1 is 0.321 bits per heavy atom. The molecule has 0 radical (unpaired) electrons. The van der Waals surface area contributed by atoms with E-state index in [1.165, 1.54) is 245 Å². The summed E-state index contributed by atoms with van der Waals surface area (Å²) in [4.78, 5) is 15.8. The molecule has 3 saturated heterocycles. The Morgan fingerprint density at radius 3 is 0.927 bits per heavy atom. The van der Waals surface area contributed by atoms with E-state index < -0.39 is 0 Å². The molecule has 0 atom stereocenters. The van der Waals surface area contributed by atoms with Gasteiger partial charge in [-0.2, -0.15) is 5.10 Å². The lowest BCUT2D eigenvalue weighted by Gasteiger charge is -2.42. The van der Waals surface area contributed by atoms with Gasteiger partial charge in [0.25, 0.3) is 0 Å². The number of hydrogen-bond acceptors (Lipinski definition) is 11. The van der Waals surface area contributed by atoms with Gasteiger partial charge < -0.3 is 14.7 Å². The van der Waals surface area contributed by atoms with Crippen molar-refractivity contribution >= 4 is 0 Å². The van der Waals surface area contributed by atoms with Crippen molar-refractivity contribution in [2.24, 2.45) is 43.3 Å². The lowest BCUT2D eigenvalue weighted by molar-refractivity contribution is 0.0615. The molecule has 4 fully saturated rings. The van der Waals surface area contributed by atoms with Crippen LogP contribution in [0.5, 0.6) is 0 Å². The molecule has 0 unspecified atom stereocenters. The molecule has 1 saturated carbocycles. The van der Waals surface area contributed by atoms with Crippen LogP contribution in [-0.2, 0) is 37.9 Å². The molecule has 634 valence electrons. The van der Waals surface area contributed by atoms with Crippen molar-refractivity contribution in [1.82, 2.24) is 69.2 Å². The van der Waals surface area contributed by atoms with E-state index in [0.29, 0.717) is 43.7 Å². The topological polar surface area (TPSA) is 98.7 Å². The number of hydrogen-bond donors (Lipinski definition) is 0. The first-order valence-corrected chi connectivity index (χ1v) is 44.8. The van der Waals surface area contributed by atoms with Crippen molar-refractivity contribution in [2.75, 3.05) is 98.2 Å². The quantitative estimate of drug-likeness (QED) is 0.0455. The maximum atomic E-state index is 4.61. The number of aromatic nitrogens is 8. The molecule has 0 aromatic carbocycles. The first kappa shape index (κ1) is 100. The summed E-state index contributed by atoms with van der Waals surface area (Å²) >= 11 is 0. The fourth-order valence-electron chi connectivity index (χ4n) is 15.3. The molecule has 3 aromatic rings. The fourth-order valence-corrected chi connectivity index (χ4v) is 15.3. The van der Waals surface area contributed by atoms with Crippen molar-refractivity contribution in [3.05, 3.63) is 41.7 Å². The van der Waals surface area contributed by atoms with Crippen molar-refractivity contribution in [3.63, 3.8) is 0 Å². The standard InChI is InChI=1S/C21H41N5.C20H36N2.C19H40N2.C18H38N2.C17H29N3/c1-20(2,3)17-19-18-26(23-22-19)12-10-8-7-9-11-24-13-15-25(16-14-24)21(4,5)6;1-18(2,3)11-9-7-8-10-14-22-16-17(15-21-22)20(12-13-20)19(4,5)6;1-18(2,3)12-10-8-7-9-11-13-20-14-16-21(17-15-20)19(4,5)6;1-17(2,3)11-9-7-8-10-12-19-13-15-20(16-14-19)18(4,5)6;1-15(2,3)9-10-17(7,8)13-20-12-14(18-19-20)11-16(4,5)6/h18H,7-17H2,1-6H3;15-16H,7-14H2,1-6H3;7-17H2,1-6H3;7-16H2,1-6H3;12H,11,13H2,1-8H3. The predicted molar refractivity (Wildman–Crippen MR) is 474 cm³/mol. The minimum absolute atomic E-state index is 0.0387. The monoisotopic (exact) mass is 1520 g/mol. The van der Waals surface area contributed by atoms with Gasteiger partial charge in [-0.15, -0.1) is 10.2 Å². The number of aryl methyl sites for hydroxylation is 2. The number of unbranched alkanes of at least 4 members (excludes halogenated alkanes) is 13. The highest BCUT2D eigenvalue weighted by Gasteiger charge is 2.53. The van der Waals surface area contributed by atoms with Crippen LogP contribution in [0, 0.1) is 55.2 Å². The molecule has 0 bridgehead atoms. The second-order valence-electron chi connectivity index (χ2n) is 46.0. The van der Waals surface area contributed by atoms with E-state index in [0.717, 1.165) is 43.9 Å². The van der Waals surface area contributed by atoms with Crippen molar-refractivity contribution < 1.29 is 0 Å². The molecule has 0 amide bonds. The Bertz CT molecular complexity index is 2900. The first-order valence-electron chi connectivity index (χ1n) is 44.8. The average molecular weight is 1520 g/mol. The third kappa shape index (κ3) is 46.8. The molecule has 0 spiro atoms. The van der Waals surface area contributed by atoms with Crippen LogP contribution >= 0.6 is 0 Å². The Balaban J connectivity index is 0.000000355. The van der Waals surface area contributed by atoms with Crippen LogP contribution in [0.25, 0.3) is 0 Å². The second-order valence-corrected chi connectivity index (χ2v) is 46.0. The summed E-state index contributed by atoms with van der Waals surface area (Å²) < 4.78 is 6.11. The summed E-state index contributed by atoms with van der Waals surface area (Å²) in [5, 5.41) is 21.7. The van der Waals surface area contributed by atoms with Crippen LogP contribution in [0.2, 0.25) is 0 Å². The molecule has 3 aromatic heterocycles. The molecule has 3 aliphatic heterocycles. The Hall–Kier alpha value is -3.19. The Kier molecular flexibility index (Phi) is 41.6. The van der Waals surface area contributed by atoms with Crippen LogP contribution in [0.3, 0.4) is 0 Å². The third-order valence-electron chi connectivity index (χ3n) is 22.5. The summed E-state index contributed by atoms with van der Waals surface area (Å²) in [6.45, 7) is 94.9. The van der Waals surface area contributed by atoms with Crippen LogP contribution in [0.15, 0.2) is 24.8 Å². The molecule has 1 aliphatic carbocycles. The van der Waals surface area contributed by atoms with Crippen LogP contribution in [0.4, 0.5) is 0 Å². The second kappa shape index (κ2) is 45.4. The molecular formula is C95H184N14. The van der Waals surface area contributed by atoms with Gasteiger partial charge in [-0.05, 0) is 232 Å². The van der Waals surface area contributed by atoms with Crippen LogP contribution < -0.4 is 0 Å². The van der Waals surface area contributed by atoms with Crippen LogP contribution in [-0.4, -0.2) is 184 Å². The summed E-state index contributed by atoms with van der Waals surface area (Å²) in [7, 11) is 0. The van der Waals surface area contributed by atoms with Gasteiger partial charge in [-0.3, -0.25) is 28.7 Å². The maximum absolute atomic E-state index is 4.61. The lowest BCUT2D eigenvalue weighted by Crippen LogP contribution is -2.53. The van der Waals surface area contributed by atoms with Gasteiger partial charge in [0.15, 0.2) is 0 Å². The molecule has 14 nitrogen and oxygen atoms in total. The van der Waals surface area contributed by atoms with E-state index in [4.69, 9.17) is 0 Å². The summed E-state index contributed by atoms with van der Waals surface area (Å²) in [6.07, 6.45) is 40.4. The summed E-state index contributed by atoms with van der Waals surface area (Å²) in [5.74, 6) is 6.68. The average Bonchev–Trinajstić information content (AvgIpc) is 1.58. The Morgan fingerprint density at radius 2 is 0.624 bits per heavy atom. The highest BCUT2D eigenvalue weighted by atomic mass is 15.4. The van der Waals surface area contributed by atoms with Gasteiger partial charge in [0.2, 0.25) is 0 Å². The van der Waals surface area contributed by atoms with Crippen molar-refractivity contribution in [2.45, 2.75) is 417 Å². The zero-order valence-corrected chi connectivity index (χ0v) is 78.8. The lowest BCUT2D eigenvalue weighted by atomic mass is 9.74. The van der Waals surface area contributed by atoms with Gasteiger partial charge in [0.05, 0.1) is 24.1 Å². The molecule has 4 aliphatic rings. The van der Waals surface area contributed by atoms with E-state index in [-0.39, 0.29) is 21.7 Å². The minimum Gasteiger partial charge on any atom is -0.301 e. The Labute approximate surface area is 677 Å². The van der Waals surface area contributed by atoms with E-state index in [1.807, 2.05) is 15.6 Å². The molecule has 0 N–H and O–H groups in total. The van der Waals surface area contributed by atoms with Crippen LogP contribution in [0.1, 0.15) is 380 Å². The molecule has 14 heteroatoms. The highest BCUT2D eigenvalue weighted by Crippen LogP contribution is 2.59. The number of piperazine rings is 3. The summed E-state index contributed by atoms with van der Waals surface area (Å²) in [6, 6.07) is 0. The van der Waals surface area contributed by atoms with Gasteiger partial charge in [0, 0.05) is 143 Å². The number of rotatable bonds is 31. The largest absolute Gasteiger partial charge is 0.301 e. The molecule has 7 rings (SSSR count). The zero-order valence-electron chi connectivity index (χ0n) is 78.8. The fraction of sp³-hybridized carbons (Fsp3) is 0.905. The third-order valence-corrected chi connectivity index (χ3v) is 22.5. The maximum Gasteiger partial charge on any atom is 0.0832 e. The smallest absolute Gasteiger partial charge is 0.0832 e.